The summed E-state index contributed by atoms with van der Waals surface area (Å²) in [7, 11) is 1.88. The molecule has 1 aromatic carbocycles. The Balaban J connectivity index is 1.55. The number of benzene rings is 1. The molecule has 0 N–H and O–H groups in total. The Morgan fingerprint density at radius 3 is 2.83 bits per heavy atom. The van der Waals surface area contributed by atoms with Crippen LogP contribution in [0.1, 0.15) is 12.1 Å². The summed E-state index contributed by atoms with van der Waals surface area (Å²) in [6.45, 7) is 2.29. The summed E-state index contributed by atoms with van der Waals surface area (Å²) in [5.41, 5.74) is 2.03. The first-order valence-corrected chi connectivity index (χ1v) is 8.67. The summed E-state index contributed by atoms with van der Waals surface area (Å²) in [5.74, 6) is 0.246. The van der Waals surface area contributed by atoms with E-state index >= 15 is 0 Å². The third-order valence-corrected chi connectivity index (χ3v) is 4.86. The fourth-order valence-corrected chi connectivity index (χ4v) is 3.39. The highest BCUT2D eigenvalue weighted by Gasteiger charge is 2.30. The van der Waals surface area contributed by atoms with Crippen LogP contribution in [0.25, 0.3) is 0 Å². The van der Waals surface area contributed by atoms with Gasteiger partial charge in [0.15, 0.2) is 0 Å². The van der Waals surface area contributed by atoms with Crippen molar-refractivity contribution in [3.8, 4) is 0 Å². The molecule has 0 spiro atoms. The molecular formula is C19H22ClN3O. The highest BCUT2D eigenvalue weighted by Crippen LogP contribution is 2.30. The van der Waals surface area contributed by atoms with Gasteiger partial charge in [0.1, 0.15) is 0 Å². The molecule has 0 saturated carbocycles. The molecule has 126 valence electrons. The van der Waals surface area contributed by atoms with Crippen LogP contribution in [0.5, 0.6) is 0 Å². The van der Waals surface area contributed by atoms with Gasteiger partial charge in [-0.05, 0) is 30.7 Å². The van der Waals surface area contributed by atoms with Gasteiger partial charge in [-0.15, -0.1) is 0 Å². The maximum absolute atomic E-state index is 12.7. The van der Waals surface area contributed by atoms with Crippen molar-refractivity contribution < 1.29 is 4.79 Å². The van der Waals surface area contributed by atoms with E-state index in [9.17, 15) is 4.79 Å². The fourth-order valence-electron chi connectivity index (χ4n) is 3.14. The Hall–Kier alpha value is -2.07. The molecule has 24 heavy (non-hydrogen) atoms. The summed E-state index contributed by atoms with van der Waals surface area (Å²) >= 11 is 6.27. The average molecular weight is 344 g/mol. The number of hydrogen-bond acceptors (Lipinski definition) is 3. The topological polar surface area (TPSA) is 36.4 Å². The van der Waals surface area contributed by atoms with E-state index in [-0.39, 0.29) is 11.8 Å². The maximum Gasteiger partial charge on any atom is 0.227 e. The van der Waals surface area contributed by atoms with E-state index in [1.807, 2.05) is 54.4 Å². The third kappa shape index (κ3) is 3.88. The second kappa shape index (κ2) is 7.67. The molecule has 0 radical (unpaired) electrons. The van der Waals surface area contributed by atoms with Gasteiger partial charge in [-0.2, -0.15) is 0 Å². The largest absolute Gasteiger partial charge is 0.370 e. The number of amides is 1. The predicted molar refractivity (Wildman–Crippen MR) is 97.4 cm³/mol. The number of carbonyl (C=O) groups is 1. The second-order valence-corrected chi connectivity index (χ2v) is 6.62. The number of carbonyl (C=O) groups excluding carboxylic acids is 1. The van der Waals surface area contributed by atoms with Crippen LogP contribution in [0.2, 0.25) is 5.02 Å². The van der Waals surface area contributed by atoms with Crippen LogP contribution in [-0.4, -0.2) is 42.5 Å². The Morgan fingerprint density at radius 1 is 1.29 bits per heavy atom. The molecule has 1 aliphatic rings. The van der Waals surface area contributed by atoms with Crippen molar-refractivity contribution in [1.29, 1.82) is 0 Å². The van der Waals surface area contributed by atoms with Gasteiger partial charge in [0.25, 0.3) is 0 Å². The SMILES string of the molecule is CN(CCc1ccccn1)C(=O)C1CCN(c2ccccc2Cl)C1. The van der Waals surface area contributed by atoms with Gasteiger partial charge in [0, 0.05) is 45.0 Å². The lowest BCUT2D eigenvalue weighted by atomic mass is 10.1. The number of likely N-dealkylation sites (N-methyl/N-ethyl adjacent to an activating group) is 1. The van der Waals surface area contributed by atoms with Crippen molar-refractivity contribution in [2.45, 2.75) is 12.8 Å². The Kier molecular flexibility index (Phi) is 5.36. The lowest BCUT2D eigenvalue weighted by Gasteiger charge is -2.22. The van der Waals surface area contributed by atoms with Crippen molar-refractivity contribution in [1.82, 2.24) is 9.88 Å². The van der Waals surface area contributed by atoms with E-state index in [0.717, 1.165) is 42.3 Å². The maximum atomic E-state index is 12.7. The van der Waals surface area contributed by atoms with E-state index in [0.29, 0.717) is 6.54 Å². The number of rotatable bonds is 5. The molecule has 1 amide bonds. The minimum Gasteiger partial charge on any atom is -0.370 e. The quantitative estimate of drug-likeness (QED) is 0.836. The van der Waals surface area contributed by atoms with Crippen LogP contribution in [-0.2, 0) is 11.2 Å². The van der Waals surface area contributed by atoms with Crippen LogP contribution in [0, 0.1) is 5.92 Å². The molecule has 3 rings (SSSR count). The minimum atomic E-state index is 0.0370. The normalized spacial score (nSPS) is 17.1. The van der Waals surface area contributed by atoms with Gasteiger partial charge in [-0.25, -0.2) is 0 Å². The summed E-state index contributed by atoms with van der Waals surface area (Å²) in [5, 5.41) is 0.745. The Morgan fingerprint density at radius 2 is 2.08 bits per heavy atom. The van der Waals surface area contributed by atoms with Crippen molar-refractivity contribution >= 4 is 23.2 Å². The summed E-state index contributed by atoms with van der Waals surface area (Å²) in [6.07, 6.45) is 3.44. The zero-order valence-corrected chi connectivity index (χ0v) is 14.6. The number of aromatic nitrogens is 1. The third-order valence-electron chi connectivity index (χ3n) is 4.54. The number of para-hydroxylation sites is 1. The number of nitrogens with zero attached hydrogens (tertiary/aromatic N) is 3. The van der Waals surface area contributed by atoms with E-state index < -0.39 is 0 Å². The molecule has 2 heterocycles. The number of halogens is 1. The molecule has 1 fully saturated rings. The molecule has 2 aromatic rings. The van der Waals surface area contributed by atoms with E-state index in [1.165, 1.54) is 0 Å². The van der Waals surface area contributed by atoms with Crippen molar-refractivity contribution in [3.05, 3.63) is 59.4 Å². The highest BCUT2D eigenvalue weighted by atomic mass is 35.5. The molecular weight excluding hydrogens is 322 g/mol. The van der Waals surface area contributed by atoms with Crippen molar-refractivity contribution in [2.75, 3.05) is 31.6 Å². The highest BCUT2D eigenvalue weighted by molar-refractivity contribution is 6.33. The lowest BCUT2D eigenvalue weighted by Crippen LogP contribution is -2.36. The van der Waals surface area contributed by atoms with Gasteiger partial charge in [0.05, 0.1) is 16.6 Å². The molecule has 5 heteroatoms. The number of anilines is 1. The molecule has 1 atom stereocenters. The fraction of sp³-hybridized carbons (Fsp3) is 0.368. The predicted octanol–water partition coefficient (Wildman–Crippen LogP) is 3.26. The van der Waals surface area contributed by atoms with E-state index in [4.69, 9.17) is 11.6 Å². The van der Waals surface area contributed by atoms with Gasteiger partial charge < -0.3 is 9.80 Å². The number of pyridine rings is 1. The first-order chi connectivity index (χ1) is 11.6. The second-order valence-electron chi connectivity index (χ2n) is 6.21. The molecule has 1 unspecified atom stereocenters. The van der Waals surface area contributed by atoms with Crippen LogP contribution < -0.4 is 4.90 Å². The van der Waals surface area contributed by atoms with Crippen LogP contribution >= 0.6 is 11.6 Å². The zero-order valence-electron chi connectivity index (χ0n) is 13.9. The molecule has 1 aromatic heterocycles. The molecule has 1 saturated heterocycles. The zero-order chi connectivity index (χ0) is 16.9. The van der Waals surface area contributed by atoms with Gasteiger partial charge >= 0.3 is 0 Å². The lowest BCUT2D eigenvalue weighted by molar-refractivity contribution is -0.133. The first kappa shape index (κ1) is 16.8. The standard InChI is InChI=1S/C19H22ClN3O/c1-22(12-10-16-6-4-5-11-21-16)19(24)15-9-13-23(14-15)18-8-3-2-7-17(18)20/h2-8,11,15H,9-10,12-14H2,1H3. The number of hydrogen-bond donors (Lipinski definition) is 0. The summed E-state index contributed by atoms with van der Waals surface area (Å²) in [6, 6.07) is 13.7. The van der Waals surface area contributed by atoms with Gasteiger partial charge in [0.2, 0.25) is 5.91 Å². The Labute approximate surface area is 148 Å². The molecule has 0 aliphatic carbocycles. The average Bonchev–Trinajstić information content (AvgIpc) is 3.10. The van der Waals surface area contributed by atoms with Crippen molar-refractivity contribution in [2.24, 2.45) is 5.92 Å². The van der Waals surface area contributed by atoms with Crippen LogP contribution in [0.15, 0.2) is 48.7 Å². The minimum absolute atomic E-state index is 0.0370. The van der Waals surface area contributed by atoms with Crippen LogP contribution in [0.3, 0.4) is 0 Å². The summed E-state index contributed by atoms with van der Waals surface area (Å²) in [4.78, 5) is 21.0. The Bertz CT molecular complexity index is 692. The van der Waals surface area contributed by atoms with Crippen molar-refractivity contribution in [3.63, 3.8) is 0 Å². The van der Waals surface area contributed by atoms with Gasteiger partial charge in [-0.3, -0.25) is 9.78 Å². The van der Waals surface area contributed by atoms with E-state index in [2.05, 4.69) is 9.88 Å². The van der Waals surface area contributed by atoms with Crippen LogP contribution in [0.4, 0.5) is 5.69 Å². The van der Waals surface area contributed by atoms with Gasteiger partial charge in [-0.1, -0.05) is 29.8 Å². The molecule has 0 bridgehead atoms. The monoisotopic (exact) mass is 343 g/mol. The van der Waals surface area contributed by atoms with E-state index in [1.54, 1.807) is 6.20 Å². The molecule has 1 aliphatic heterocycles. The molecule has 4 nitrogen and oxygen atoms in total. The first-order valence-electron chi connectivity index (χ1n) is 8.29. The smallest absolute Gasteiger partial charge is 0.227 e. The summed E-state index contributed by atoms with van der Waals surface area (Å²) < 4.78 is 0.